The molecule has 106 valence electrons. The average Bonchev–Trinajstić information content (AvgIpc) is 2.43. The molecule has 3 nitrogen and oxygen atoms in total. The highest BCUT2D eigenvalue weighted by Crippen LogP contribution is 2.27. The number of hydrogen-bond acceptors (Lipinski definition) is 3. The van der Waals surface area contributed by atoms with Crippen LogP contribution in [0.1, 0.15) is 51.5 Å². The van der Waals surface area contributed by atoms with Crippen molar-refractivity contribution in [2.24, 2.45) is 5.92 Å². The summed E-state index contributed by atoms with van der Waals surface area (Å²) < 4.78 is 6.11. The van der Waals surface area contributed by atoms with Gasteiger partial charge in [-0.25, -0.2) is 4.98 Å². The van der Waals surface area contributed by atoms with Gasteiger partial charge >= 0.3 is 0 Å². The Hall–Kier alpha value is -1.09. The molecular formula is C16H26N2O. The molecule has 1 heterocycles. The van der Waals surface area contributed by atoms with E-state index in [1.165, 1.54) is 31.2 Å². The Morgan fingerprint density at radius 2 is 2.11 bits per heavy atom. The Kier molecular flexibility index (Phi) is 5.64. The van der Waals surface area contributed by atoms with E-state index < -0.39 is 0 Å². The van der Waals surface area contributed by atoms with Crippen molar-refractivity contribution in [2.75, 3.05) is 6.54 Å². The molecule has 19 heavy (non-hydrogen) atoms. The molecule has 0 unspecified atom stereocenters. The quantitative estimate of drug-likeness (QED) is 0.796. The van der Waals surface area contributed by atoms with Gasteiger partial charge in [0.1, 0.15) is 6.10 Å². The molecule has 0 saturated heterocycles. The molecule has 1 aromatic rings. The fourth-order valence-corrected chi connectivity index (χ4v) is 2.57. The van der Waals surface area contributed by atoms with Gasteiger partial charge in [-0.1, -0.05) is 19.9 Å². The van der Waals surface area contributed by atoms with E-state index in [4.69, 9.17) is 4.74 Å². The van der Waals surface area contributed by atoms with E-state index in [-0.39, 0.29) is 0 Å². The van der Waals surface area contributed by atoms with Gasteiger partial charge in [-0.3, -0.25) is 0 Å². The highest BCUT2D eigenvalue weighted by molar-refractivity contribution is 5.25. The van der Waals surface area contributed by atoms with Crippen LogP contribution >= 0.6 is 0 Å². The van der Waals surface area contributed by atoms with Crippen LogP contribution in [0.25, 0.3) is 0 Å². The predicted molar refractivity (Wildman–Crippen MR) is 78.3 cm³/mol. The number of rotatable bonds is 6. The van der Waals surface area contributed by atoms with Gasteiger partial charge in [0.2, 0.25) is 5.88 Å². The summed E-state index contributed by atoms with van der Waals surface area (Å²) in [6.45, 7) is 6.39. The second-order valence-electron chi connectivity index (χ2n) is 5.64. The largest absolute Gasteiger partial charge is 0.474 e. The lowest BCUT2D eigenvalue weighted by molar-refractivity contribution is 0.128. The standard InChI is InChI=1S/C16H26N2O/c1-3-10-17-12-14-5-4-11-18-16(14)19-15-8-6-13(2)7-9-15/h4-5,11,13,15,17H,3,6-10,12H2,1-2H3. The van der Waals surface area contributed by atoms with Crippen molar-refractivity contribution in [1.82, 2.24) is 10.3 Å². The van der Waals surface area contributed by atoms with Gasteiger partial charge in [-0.15, -0.1) is 0 Å². The maximum atomic E-state index is 6.11. The maximum Gasteiger partial charge on any atom is 0.218 e. The number of pyridine rings is 1. The van der Waals surface area contributed by atoms with Gasteiger partial charge in [0.15, 0.2) is 0 Å². The number of aromatic nitrogens is 1. The molecule has 0 aliphatic heterocycles. The van der Waals surface area contributed by atoms with Gasteiger partial charge < -0.3 is 10.1 Å². The molecular weight excluding hydrogens is 236 g/mol. The predicted octanol–water partition coefficient (Wildman–Crippen LogP) is 3.54. The van der Waals surface area contributed by atoms with Crippen LogP contribution in [0.15, 0.2) is 18.3 Å². The molecule has 0 radical (unpaired) electrons. The normalized spacial score (nSPS) is 23.3. The third-order valence-corrected chi connectivity index (χ3v) is 3.83. The SMILES string of the molecule is CCCNCc1cccnc1OC1CCC(C)CC1. The first-order valence-corrected chi connectivity index (χ1v) is 7.61. The summed E-state index contributed by atoms with van der Waals surface area (Å²) in [5.41, 5.74) is 1.18. The summed E-state index contributed by atoms with van der Waals surface area (Å²) in [5, 5.41) is 3.42. The lowest BCUT2D eigenvalue weighted by Crippen LogP contribution is -2.24. The van der Waals surface area contributed by atoms with Crippen molar-refractivity contribution < 1.29 is 4.74 Å². The fourth-order valence-electron chi connectivity index (χ4n) is 2.57. The van der Waals surface area contributed by atoms with E-state index in [1.54, 1.807) is 0 Å². The van der Waals surface area contributed by atoms with E-state index in [1.807, 2.05) is 12.3 Å². The zero-order chi connectivity index (χ0) is 13.5. The third-order valence-electron chi connectivity index (χ3n) is 3.83. The van der Waals surface area contributed by atoms with Crippen LogP contribution in [0.2, 0.25) is 0 Å². The molecule has 1 N–H and O–H groups in total. The lowest BCUT2D eigenvalue weighted by Gasteiger charge is -2.27. The van der Waals surface area contributed by atoms with Gasteiger partial charge in [0, 0.05) is 18.3 Å². The zero-order valence-corrected chi connectivity index (χ0v) is 12.2. The van der Waals surface area contributed by atoms with Crippen molar-refractivity contribution in [1.29, 1.82) is 0 Å². The Bertz CT molecular complexity index is 373. The number of ether oxygens (including phenoxy) is 1. The summed E-state index contributed by atoms with van der Waals surface area (Å²) in [7, 11) is 0. The summed E-state index contributed by atoms with van der Waals surface area (Å²) in [6, 6.07) is 4.09. The van der Waals surface area contributed by atoms with Crippen LogP contribution in [0.5, 0.6) is 5.88 Å². The van der Waals surface area contributed by atoms with Crippen molar-refractivity contribution in [3.63, 3.8) is 0 Å². The van der Waals surface area contributed by atoms with Crippen molar-refractivity contribution in [2.45, 2.75) is 58.6 Å². The molecule has 1 saturated carbocycles. The minimum atomic E-state index is 0.357. The fraction of sp³-hybridized carbons (Fsp3) is 0.688. The topological polar surface area (TPSA) is 34.2 Å². The Morgan fingerprint density at radius 1 is 1.32 bits per heavy atom. The maximum absolute atomic E-state index is 6.11. The average molecular weight is 262 g/mol. The molecule has 1 aliphatic carbocycles. The second kappa shape index (κ2) is 7.49. The first-order chi connectivity index (χ1) is 9.29. The molecule has 1 aliphatic rings. The molecule has 0 atom stereocenters. The lowest BCUT2D eigenvalue weighted by atomic mass is 9.89. The van der Waals surface area contributed by atoms with Gasteiger partial charge in [0.25, 0.3) is 0 Å². The molecule has 3 heteroatoms. The Labute approximate surface area is 116 Å². The van der Waals surface area contributed by atoms with Gasteiger partial charge in [-0.2, -0.15) is 0 Å². The molecule has 2 rings (SSSR count). The zero-order valence-electron chi connectivity index (χ0n) is 12.2. The molecule has 0 aromatic carbocycles. The highest BCUT2D eigenvalue weighted by Gasteiger charge is 2.20. The molecule has 0 spiro atoms. The minimum absolute atomic E-state index is 0.357. The minimum Gasteiger partial charge on any atom is -0.474 e. The van der Waals surface area contributed by atoms with Crippen LogP contribution in [0.3, 0.4) is 0 Å². The van der Waals surface area contributed by atoms with E-state index in [2.05, 4.69) is 30.2 Å². The van der Waals surface area contributed by atoms with Crippen molar-refractivity contribution >= 4 is 0 Å². The van der Waals surface area contributed by atoms with Crippen LogP contribution in [-0.4, -0.2) is 17.6 Å². The van der Waals surface area contributed by atoms with Gasteiger partial charge in [-0.05, 0) is 50.6 Å². The van der Waals surface area contributed by atoms with Crippen LogP contribution in [0.4, 0.5) is 0 Å². The molecule has 0 amide bonds. The summed E-state index contributed by atoms with van der Waals surface area (Å²) in [6.07, 6.45) is 8.22. The first kappa shape index (κ1) is 14.3. The van der Waals surface area contributed by atoms with E-state index in [9.17, 15) is 0 Å². The van der Waals surface area contributed by atoms with E-state index in [0.29, 0.717) is 6.10 Å². The summed E-state index contributed by atoms with van der Waals surface area (Å²) >= 11 is 0. The first-order valence-electron chi connectivity index (χ1n) is 7.61. The third kappa shape index (κ3) is 4.50. The second-order valence-corrected chi connectivity index (χ2v) is 5.64. The smallest absolute Gasteiger partial charge is 0.218 e. The monoisotopic (exact) mass is 262 g/mol. The van der Waals surface area contributed by atoms with Crippen LogP contribution < -0.4 is 10.1 Å². The van der Waals surface area contributed by atoms with Crippen molar-refractivity contribution in [3.8, 4) is 5.88 Å². The number of nitrogens with zero attached hydrogens (tertiary/aromatic N) is 1. The molecule has 0 bridgehead atoms. The highest BCUT2D eigenvalue weighted by atomic mass is 16.5. The van der Waals surface area contributed by atoms with Crippen LogP contribution in [-0.2, 0) is 6.54 Å². The molecule has 1 aromatic heterocycles. The number of nitrogens with one attached hydrogen (secondary N) is 1. The Morgan fingerprint density at radius 3 is 2.84 bits per heavy atom. The molecule has 1 fully saturated rings. The number of hydrogen-bond donors (Lipinski definition) is 1. The van der Waals surface area contributed by atoms with Crippen LogP contribution in [0, 0.1) is 5.92 Å². The van der Waals surface area contributed by atoms with Gasteiger partial charge in [0.05, 0.1) is 0 Å². The summed E-state index contributed by atoms with van der Waals surface area (Å²) in [4.78, 5) is 4.41. The van der Waals surface area contributed by atoms with Crippen molar-refractivity contribution in [3.05, 3.63) is 23.9 Å². The van der Waals surface area contributed by atoms with E-state index >= 15 is 0 Å². The van der Waals surface area contributed by atoms with E-state index in [0.717, 1.165) is 31.3 Å². The Balaban J connectivity index is 1.91. The summed E-state index contributed by atoms with van der Waals surface area (Å²) in [5.74, 6) is 1.68.